The smallest absolute Gasteiger partial charge is 0.0107 e. The Labute approximate surface area is 72.0 Å². The van der Waals surface area contributed by atoms with Crippen LogP contribution >= 0.6 is 11.8 Å². The molecule has 58 valence electrons. The van der Waals surface area contributed by atoms with Crippen molar-refractivity contribution in [3.63, 3.8) is 0 Å². The first kappa shape index (κ1) is 7.23. The van der Waals surface area contributed by atoms with E-state index in [9.17, 15) is 0 Å². The maximum Gasteiger partial charge on any atom is 0.0107 e. The van der Waals surface area contributed by atoms with E-state index in [2.05, 4.69) is 31.2 Å². The molecule has 0 nitrogen and oxygen atoms in total. The Bertz CT molecular complexity index is 255. The van der Waals surface area contributed by atoms with Gasteiger partial charge >= 0.3 is 0 Å². The van der Waals surface area contributed by atoms with E-state index in [1.165, 1.54) is 23.3 Å². The average molecular weight is 164 g/mol. The third-order valence-corrected chi connectivity index (χ3v) is 3.41. The molecule has 0 saturated heterocycles. The van der Waals surface area contributed by atoms with Gasteiger partial charge in [0.1, 0.15) is 0 Å². The molecule has 0 aliphatic carbocycles. The Morgan fingerprint density at radius 2 is 2.18 bits per heavy atom. The highest BCUT2D eigenvalue weighted by Crippen LogP contribution is 2.34. The van der Waals surface area contributed by atoms with Gasteiger partial charge in [0, 0.05) is 10.1 Å². The molecule has 0 amide bonds. The summed E-state index contributed by atoms with van der Waals surface area (Å²) in [6, 6.07) is 8.74. The lowest BCUT2D eigenvalue weighted by Crippen LogP contribution is -2.05. The zero-order chi connectivity index (χ0) is 7.68. The van der Waals surface area contributed by atoms with Gasteiger partial charge in [-0.3, -0.25) is 0 Å². The fraction of sp³-hybridized carbons (Fsp3) is 0.400. The predicted octanol–water partition coefficient (Wildman–Crippen LogP) is 3.11. The Balaban J connectivity index is 2.34. The number of thioether (sulfide) groups is 1. The maximum absolute atomic E-state index is 2.31. The van der Waals surface area contributed by atoms with Gasteiger partial charge in [-0.1, -0.05) is 25.1 Å². The number of fused-ring (bicyclic) bond motifs is 1. The van der Waals surface area contributed by atoms with Crippen LogP contribution in [0.15, 0.2) is 29.2 Å². The summed E-state index contributed by atoms with van der Waals surface area (Å²) in [5.74, 6) is 0. The molecule has 0 saturated carbocycles. The zero-order valence-electron chi connectivity index (χ0n) is 6.71. The van der Waals surface area contributed by atoms with Gasteiger partial charge in [0.2, 0.25) is 0 Å². The molecule has 0 fully saturated rings. The van der Waals surface area contributed by atoms with E-state index in [4.69, 9.17) is 0 Å². The quantitative estimate of drug-likeness (QED) is 0.567. The van der Waals surface area contributed by atoms with E-state index in [0.29, 0.717) is 0 Å². The summed E-state index contributed by atoms with van der Waals surface area (Å²) in [5.41, 5.74) is 1.54. The van der Waals surface area contributed by atoms with Crippen LogP contribution in [0.25, 0.3) is 0 Å². The molecule has 2 rings (SSSR count). The van der Waals surface area contributed by atoms with Crippen LogP contribution in [0.4, 0.5) is 0 Å². The van der Waals surface area contributed by atoms with Gasteiger partial charge in [-0.05, 0) is 24.5 Å². The molecular formula is C10H12S. The normalized spacial score (nSPS) is 22.8. The van der Waals surface area contributed by atoms with Crippen molar-refractivity contribution in [2.24, 2.45) is 0 Å². The number of aryl methyl sites for hydroxylation is 1. The maximum atomic E-state index is 2.31. The predicted molar refractivity (Wildman–Crippen MR) is 50.1 cm³/mol. The first-order valence-electron chi connectivity index (χ1n) is 4.11. The standard InChI is InChI=1S/C10H12S/c1-8-6-7-9-4-2-3-5-10(9)11-8/h2-5,8H,6-7H2,1H3. The minimum atomic E-state index is 0.810. The van der Waals surface area contributed by atoms with Crippen molar-refractivity contribution in [3.8, 4) is 0 Å². The molecule has 1 aliphatic heterocycles. The largest absolute Gasteiger partial charge is 0.123 e. The molecular weight excluding hydrogens is 152 g/mol. The minimum absolute atomic E-state index is 0.810. The summed E-state index contributed by atoms with van der Waals surface area (Å²) >= 11 is 2.01. The van der Waals surface area contributed by atoms with Crippen LogP contribution in [0, 0.1) is 0 Å². The van der Waals surface area contributed by atoms with Gasteiger partial charge in [0.15, 0.2) is 0 Å². The molecule has 1 aromatic rings. The average Bonchev–Trinajstić information content (AvgIpc) is 2.04. The molecule has 0 bridgehead atoms. The lowest BCUT2D eigenvalue weighted by molar-refractivity contribution is 0.780. The van der Waals surface area contributed by atoms with Gasteiger partial charge in [0.05, 0.1) is 0 Å². The lowest BCUT2D eigenvalue weighted by Gasteiger charge is -2.20. The van der Waals surface area contributed by atoms with E-state index in [0.717, 1.165) is 5.25 Å². The third-order valence-electron chi connectivity index (χ3n) is 2.12. The van der Waals surface area contributed by atoms with E-state index in [1.807, 2.05) is 11.8 Å². The summed E-state index contributed by atoms with van der Waals surface area (Å²) in [7, 11) is 0. The van der Waals surface area contributed by atoms with Crippen LogP contribution in [0.1, 0.15) is 18.9 Å². The van der Waals surface area contributed by atoms with Crippen LogP contribution in [0.2, 0.25) is 0 Å². The van der Waals surface area contributed by atoms with Crippen LogP contribution in [-0.2, 0) is 6.42 Å². The molecule has 1 aliphatic rings. The van der Waals surface area contributed by atoms with Crippen molar-refractivity contribution in [3.05, 3.63) is 29.8 Å². The highest BCUT2D eigenvalue weighted by molar-refractivity contribution is 8.00. The molecule has 11 heavy (non-hydrogen) atoms. The molecule has 1 heterocycles. The minimum Gasteiger partial charge on any atom is -0.123 e. The van der Waals surface area contributed by atoms with Gasteiger partial charge in [-0.2, -0.15) is 0 Å². The molecule has 1 unspecified atom stereocenters. The molecule has 0 spiro atoms. The van der Waals surface area contributed by atoms with Crippen LogP contribution < -0.4 is 0 Å². The van der Waals surface area contributed by atoms with Crippen LogP contribution in [-0.4, -0.2) is 5.25 Å². The van der Waals surface area contributed by atoms with E-state index < -0.39 is 0 Å². The summed E-state index contributed by atoms with van der Waals surface area (Å²) in [5, 5.41) is 0.810. The Morgan fingerprint density at radius 1 is 1.36 bits per heavy atom. The van der Waals surface area contributed by atoms with Crippen molar-refractivity contribution in [1.82, 2.24) is 0 Å². The number of rotatable bonds is 0. The summed E-state index contributed by atoms with van der Waals surface area (Å²) < 4.78 is 0. The second kappa shape index (κ2) is 2.90. The molecule has 0 N–H and O–H groups in total. The van der Waals surface area contributed by atoms with E-state index in [-0.39, 0.29) is 0 Å². The zero-order valence-corrected chi connectivity index (χ0v) is 7.53. The van der Waals surface area contributed by atoms with E-state index >= 15 is 0 Å². The summed E-state index contributed by atoms with van der Waals surface area (Å²) in [6.07, 6.45) is 2.60. The van der Waals surface area contributed by atoms with Gasteiger partial charge in [-0.15, -0.1) is 11.8 Å². The Morgan fingerprint density at radius 3 is 3.09 bits per heavy atom. The van der Waals surface area contributed by atoms with Crippen molar-refractivity contribution in [1.29, 1.82) is 0 Å². The third kappa shape index (κ3) is 1.43. The number of benzene rings is 1. The SMILES string of the molecule is CC1CCc2ccccc2S1. The lowest BCUT2D eigenvalue weighted by atomic mass is 10.1. The summed E-state index contributed by atoms with van der Waals surface area (Å²) in [6.45, 7) is 2.31. The highest BCUT2D eigenvalue weighted by Gasteiger charge is 2.13. The van der Waals surface area contributed by atoms with Gasteiger partial charge in [-0.25, -0.2) is 0 Å². The first-order valence-corrected chi connectivity index (χ1v) is 4.99. The highest BCUT2D eigenvalue weighted by atomic mass is 32.2. The number of hydrogen-bond donors (Lipinski definition) is 0. The second-order valence-electron chi connectivity index (χ2n) is 3.07. The van der Waals surface area contributed by atoms with Gasteiger partial charge < -0.3 is 0 Å². The topological polar surface area (TPSA) is 0 Å². The first-order chi connectivity index (χ1) is 5.36. The summed E-state index contributed by atoms with van der Waals surface area (Å²) in [4.78, 5) is 1.49. The van der Waals surface area contributed by atoms with E-state index in [1.54, 1.807) is 0 Å². The monoisotopic (exact) mass is 164 g/mol. The fourth-order valence-electron chi connectivity index (χ4n) is 1.46. The van der Waals surface area contributed by atoms with Crippen LogP contribution in [0.3, 0.4) is 0 Å². The van der Waals surface area contributed by atoms with Crippen LogP contribution in [0.5, 0.6) is 0 Å². The fourth-order valence-corrected chi connectivity index (χ4v) is 2.61. The number of hydrogen-bond acceptors (Lipinski definition) is 1. The van der Waals surface area contributed by atoms with Crippen molar-refractivity contribution < 1.29 is 0 Å². The molecule has 0 radical (unpaired) electrons. The molecule has 1 heteroatoms. The molecule has 1 aromatic carbocycles. The van der Waals surface area contributed by atoms with Crippen molar-refractivity contribution in [2.75, 3.05) is 0 Å². The second-order valence-corrected chi connectivity index (χ2v) is 4.56. The van der Waals surface area contributed by atoms with Crippen molar-refractivity contribution in [2.45, 2.75) is 29.9 Å². The molecule has 0 aromatic heterocycles. The Kier molecular flexibility index (Phi) is 1.91. The Hall–Kier alpha value is -0.430. The van der Waals surface area contributed by atoms with Crippen molar-refractivity contribution >= 4 is 11.8 Å². The van der Waals surface area contributed by atoms with Gasteiger partial charge in [0.25, 0.3) is 0 Å². The molecule has 1 atom stereocenters.